The fourth-order valence-electron chi connectivity index (χ4n) is 1.14. The second kappa shape index (κ2) is 6.93. The highest BCUT2D eigenvalue weighted by atomic mass is 79.9. The summed E-state index contributed by atoms with van der Waals surface area (Å²) in [6.45, 7) is -0.0794. The summed E-state index contributed by atoms with van der Waals surface area (Å²) in [6, 6.07) is 2.23. The van der Waals surface area contributed by atoms with E-state index in [0.29, 0.717) is 0 Å². The van der Waals surface area contributed by atoms with E-state index in [1.807, 2.05) is 0 Å². The Balaban J connectivity index is 2.85. The average Bonchev–Trinajstić information content (AvgIpc) is 2.36. The number of nitro benzene ring substituents is 1. The van der Waals surface area contributed by atoms with Gasteiger partial charge in [-0.1, -0.05) is 39.1 Å². The van der Waals surface area contributed by atoms with Gasteiger partial charge in [0.15, 0.2) is 5.75 Å². The molecule has 0 spiro atoms. The Labute approximate surface area is 126 Å². The molecule has 0 aliphatic carbocycles. The molecule has 1 aromatic carbocycles. The molecular weight excluding hydrogens is 365 g/mol. The van der Waals surface area contributed by atoms with Crippen LogP contribution in [0.3, 0.4) is 0 Å². The number of carbonyl (C=O) groups excluding carboxylic acids is 1. The van der Waals surface area contributed by atoms with Crippen LogP contribution in [0, 0.1) is 10.1 Å². The van der Waals surface area contributed by atoms with E-state index in [0.717, 1.165) is 12.1 Å². The van der Waals surface area contributed by atoms with Gasteiger partial charge in [-0.25, -0.2) is 0 Å². The lowest BCUT2D eigenvalue weighted by molar-refractivity contribution is -0.384. The molecule has 6 nitrogen and oxygen atoms in total. The normalized spacial score (nSPS) is 11.8. The van der Waals surface area contributed by atoms with Crippen molar-refractivity contribution in [1.29, 1.82) is 0 Å². The van der Waals surface area contributed by atoms with E-state index in [4.69, 9.17) is 27.9 Å². The van der Waals surface area contributed by atoms with E-state index in [9.17, 15) is 14.9 Å². The second-order valence-corrected chi connectivity index (χ2v) is 5.22. The summed E-state index contributed by atoms with van der Waals surface area (Å²) in [5.74, 6) is -0.448. The Bertz CT molecular complexity index is 488. The van der Waals surface area contributed by atoms with Gasteiger partial charge in [0.05, 0.1) is 22.1 Å². The molecule has 0 radical (unpaired) electrons. The lowest BCUT2D eigenvalue weighted by Gasteiger charge is -2.12. The van der Waals surface area contributed by atoms with Crippen LogP contribution in [0.15, 0.2) is 12.1 Å². The van der Waals surface area contributed by atoms with E-state index in [-0.39, 0.29) is 28.1 Å². The highest BCUT2D eigenvalue weighted by molar-refractivity contribution is 9.10. The van der Waals surface area contributed by atoms with Crippen molar-refractivity contribution in [2.75, 3.05) is 13.7 Å². The number of nitro groups is 1. The molecule has 1 aromatic rings. The fourth-order valence-corrected chi connectivity index (χ4v) is 2.05. The van der Waals surface area contributed by atoms with Crippen molar-refractivity contribution in [1.82, 2.24) is 0 Å². The number of non-ortho nitro benzene ring substituents is 1. The molecule has 0 saturated heterocycles. The molecule has 9 heteroatoms. The first kappa shape index (κ1) is 16.0. The maximum absolute atomic E-state index is 11.1. The van der Waals surface area contributed by atoms with E-state index in [1.165, 1.54) is 7.11 Å². The number of hydrogen-bond donors (Lipinski definition) is 0. The van der Waals surface area contributed by atoms with E-state index < -0.39 is 15.7 Å². The molecule has 0 aliphatic rings. The number of ether oxygens (including phenoxy) is 2. The van der Waals surface area contributed by atoms with E-state index in [2.05, 4.69) is 20.7 Å². The molecule has 0 amide bonds. The van der Waals surface area contributed by atoms with Gasteiger partial charge >= 0.3 is 5.97 Å². The number of esters is 1. The van der Waals surface area contributed by atoms with Crippen molar-refractivity contribution in [3.8, 4) is 5.75 Å². The number of benzene rings is 1. The van der Waals surface area contributed by atoms with Crippen molar-refractivity contribution in [2.24, 2.45) is 0 Å². The highest BCUT2D eigenvalue weighted by Gasteiger charge is 2.20. The zero-order chi connectivity index (χ0) is 14.6. The number of carbonyl (C=O) groups is 1. The first-order valence-corrected chi connectivity index (χ1v) is 6.52. The topological polar surface area (TPSA) is 78.7 Å². The van der Waals surface area contributed by atoms with Crippen LogP contribution < -0.4 is 4.74 Å². The van der Waals surface area contributed by atoms with Crippen molar-refractivity contribution in [3.63, 3.8) is 0 Å². The molecule has 0 saturated carbocycles. The molecule has 0 aromatic heterocycles. The third kappa shape index (κ3) is 4.22. The third-order valence-electron chi connectivity index (χ3n) is 2.02. The van der Waals surface area contributed by atoms with Crippen LogP contribution in [0.1, 0.15) is 0 Å². The zero-order valence-corrected chi connectivity index (χ0v) is 12.7. The van der Waals surface area contributed by atoms with Crippen LogP contribution in [0.4, 0.5) is 5.69 Å². The summed E-state index contributed by atoms with van der Waals surface area (Å²) in [5.41, 5.74) is -0.245. The Hall–Kier alpha value is -1.05. The van der Waals surface area contributed by atoms with Gasteiger partial charge in [0, 0.05) is 12.1 Å². The van der Waals surface area contributed by atoms with Crippen LogP contribution in [0.2, 0.25) is 10.0 Å². The highest BCUT2D eigenvalue weighted by Crippen LogP contribution is 2.36. The molecule has 104 valence electrons. The first-order valence-electron chi connectivity index (χ1n) is 4.85. The molecule has 0 fully saturated rings. The molecule has 19 heavy (non-hydrogen) atoms. The first-order chi connectivity index (χ1) is 8.86. The molecule has 1 atom stereocenters. The Morgan fingerprint density at radius 2 is 2.00 bits per heavy atom. The van der Waals surface area contributed by atoms with E-state index >= 15 is 0 Å². The molecule has 1 unspecified atom stereocenters. The minimum atomic E-state index is -0.695. The van der Waals surface area contributed by atoms with Crippen molar-refractivity contribution >= 4 is 50.8 Å². The molecule has 1 rings (SSSR count). The molecular formula is C10H8BrCl2NO5. The van der Waals surface area contributed by atoms with Gasteiger partial charge in [-0.15, -0.1) is 0 Å². The maximum Gasteiger partial charge on any atom is 0.322 e. The molecule has 0 bridgehead atoms. The Morgan fingerprint density at radius 3 is 2.42 bits per heavy atom. The Morgan fingerprint density at radius 1 is 1.47 bits per heavy atom. The van der Waals surface area contributed by atoms with Gasteiger partial charge in [-0.3, -0.25) is 14.9 Å². The second-order valence-electron chi connectivity index (χ2n) is 3.30. The molecule has 0 N–H and O–H groups in total. The summed E-state index contributed by atoms with van der Waals surface area (Å²) >= 11 is 14.7. The zero-order valence-electron chi connectivity index (χ0n) is 9.56. The fraction of sp³-hybridized carbons (Fsp3) is 0.300. The lowest BCUT2D eigenvalue weighted by atomic mass is 10.3. The monoisotopic (exact) mass is 371 g/mol. The van der Waals surface area contributed by atoms with Gasteiger partial charge < -0.3 is 9.47 Å². The summed E-state index contributed by atoms with van der Waals surface area (Å²) in [6.07, 6.45) is 0. The number of hydrogen-bond acceptors (Lipinski definition) is 5. The van der Waals surface area contributed by atoms with Gasteiger partial charge in [0.1, 0.15) is 11.4 Å². The predicted molar refractivity (Wildman–Crippen MR) is 73.3 cm³/mol. The van der Waals surface area contributed by atoms with Gasteiger partial charge in [0.2, 0.25) is 0 Å². The standard InChI is InChI=1S/C10H8BrCl2NO5/c1-18-10(15)6(11)4-19-9-7(12)2-5(14(16)17)3-8(9)13/h2-3,6H,4H2,1H3. The van der Waals surface area contributed by atoms with Gasteiger partial charge in [-0.05, 0) is 0 Å². The number of rotatable bonds is 5. The summed E-state index contributed by atoms with van der Waals surface area (Å²) < 4.78 is 9.74. The SMILES string of the molecule is COC(=O)C(Br)COc1c(Cl)cc([N+](=O)[O-])cc1Cl. The van der Waals surface area contributed by atoms with E-state index in [1.54, 1.807) is 0 Å². The number of nitrogens with zero attached hydrogens (tertiary/aromatic N) is 1. The smallest absolute Gasteiger partial charge is 0.322 e. The maximum atomic E-state index is 11.1. The molecule has 0 heterocycles. The lowest BCUT2D eigenvalue weighted by Crippen LogP contribution is -2.23. The molecule has 0 aliphatic heterocycles. The predicted octanol–water partition coefficient (Wildman–Crippen LogP) is 3.22. The van der Waals surface area contributed by atoms with Crippen LogP contribution in [-0.4, -0.2) is 29.4 Å². The van der Waals surface area contributed by atoms with Crippen LogP contribution >= 0.6 is 39.1 Å². The largest absolute Gasteiger partial charge is 0.489 e. The van der Waals surface area contributed by atoms with Gasteiger partial charge in [-0.2, -0.15) is 0 Å². The van der Waals surface area contributed by atoms with Crippen molar-refractivity contribution in [2.45, 2.75) is 4.83 Å². The van der Waals surface area contributed by atoms with Crippen LogP contribution in [0.5, 0.6) is 5.75 Å². The third-order valence-corrected chi connectivity index (χ3v) is 3.22. The minimum absolute atomic E-state index is 0.0104. The van der Waals surface area contributed by atoms with Crippen LogP contribution in [0.25, 0.3) is 0 Å². The minimum Gasteiger partial charge on any atom is -0.489 e. The number of alkyl halides is 1. The summed E-state index contributed by atoms with van der Waals surface area (Å²) in [7, 11) is 1.24. The average molecular weight is 373 g/mol. The van der Waals surface area contributed by atoms with Crippen LogP contribution in [-0.2, 0) is 9.53 Å². The quantitative estimate of drug-likeness (QED) is 0.343. The number of halogens is 3. The van der Waals surface area contributed by atoms with Gasteiger partial charge in [0.25, 0.3) is 5.69 Å². The summed E-state index contributed by atoms with van der Waals surface area (Å²) in [5, 5.41) is 10.6. The number of methoxy groups -OCH3 is 1. The summed E-state index contributed by atoms with van der Waals surface area (Å²) in [4.78, 5) is 20.4. The van der Waals surface area contributed by atoms with Crippen molar-refractivity contribution in [3.05, 3.63) is 32.3 Å². The van der Waals surface area contributed by atoms with Crippen molar-refractivity contribution < 1.29 is 19.2 Å². The Kier molecular flexibility index (Phi) is 5.84.